The summed E-state index contributed by atoms with van der Waals surface area (Å²) in [5, 5.41) is 11.4. The van der Waals surface area contributed by atoms with Crippen molar-refractivity contribution in [3.63, 3.8) is 0 Å². The number of carboxylic acids is 1. The monoisotopic (exact) mass is 282 g/mol. The highest BCUT2D eigenvalue weighted by Gasteiger charge is 2.13. The second-order valence-corrected chi connectivity index (χ2v) is 3.94. The number of aromatic carboxylic acids is 1. The predicted octanol–water partition coefficient (Wildman–Crippen LogP) is 2.81. The molecule has 104 valence electrons. The van der Waals surface area contributed by atoms with Crippen molar-refractivity contribution in [3.05, 3.63) is 59.0 Å². The lowest BCUT2D eigenvalue weighted by atomic mass is 10.2. The molecule has 0 fully saturated rings. The molecule has 0 unspecified atom stereocenters. The maximum atomic E-state index is 13.4. The second kappa shape index (κ2) is 5.60. The van der Waals surface area contributed by atoms with E-state index >= 15 is 0 Å². The fourth-order valence-electron chi connectivity index (χ4n) is 1.60. The molecule has 4 nitrogen and oxygen atoms in total. The summed E-state index contributed by atoms with van der Waals surface area (Å²) < 4.78 is 39.3. The molecule has 0 atom stereocenters. The van der Waals surface area contributed by atoms with E-state index in [1.165, 1.54) is 0 Å². The highest BCUT2D eigenvalue weighted by molar-refractivity contribution is 5.93. The number of halogens is 3. The van der Waals surface area contributed by atoms with Crippen LogP contribution in [0.25, 0.3) is 0 Å². The lowest BCUT2D eigenvalue weighted by Crippen LogP contribution is -2.10. The molecule has 20 heavy (non-hydrogen) atoms. The first-order valence-corrected chi connectivity index (χ1v) is 5.54. The molecule has 0 saturated heterocycles. The normalized spacial score (nSPS) is 10.3. The Labute approximate surface area is 111 Å². The zero-order valence-electron chi connectivity index (χ0n) is 10.0. The van der Waals surface area contributed by atoms with Crippen molar-refractivity contribution in [2.75, 3.05) is 5.32 Å². The topological polar surface area (TPSA) is 62.2 Å². The zero-order valence-corrected chi connectivity index (χ0v) is 10.0. The van der Waals surface area contributed by atoms with Gasteiger partial charge in [-0.2, -0.15) is 0 Å². The Bertz CT molecular complexity index is 662. The van der Waals surface area contributed by atoms with Gasteiger partial charge in [-0.3, -0.25) is 0 Å². The van der Waals surface area contributed by atoms with Crippen molar-refractivity contribution in [2.45, 2.75) is 6.54 Å². The summed E-state index contributed by atoms with van der Waals surface area (Å²) >= 11 is 0. The van der Waals surface area contributed by atoms with Crippen LogP contribution in [-0.2, 0) is 6.54 Å². The van der Waals surface area contributed by atoms with Crippen LogP contribution in [0.4, 0.5) is 19.0 Å². The SMILES string of the molecule is O=C(O)c1cc(F)cnc1NCc1cc(F)ccc1F. The van der Waals surface area contributed by atoms with E-state index in [1.54, 1.807) is 0 Å². The van der Waals surface area contributed by atoms with Gasteiger partial charge in [0.1, 0.15) is 28.8 Å². The summed E-state index contributed by atoms with van der Waals surface area (Å²) in [6.45, 7) is -0.178. The first-order chi connectivity index (χ1) is 9.47. The van der Waals surface area contributed by atoms with Gasteiger partial charge < -0.3 is 10.4 Å². The minimum absolute atomic E-state index is 0.00691. The Kier molecular flexibility index (Phi) is 3.88. The number of pyridine rings is 1. The Morgan fingerprint density at radius 3 is 2.65 bits per heavy atom. The molecule has 0 amide bonds. The van der Waals surface area contributed by atoms with Gasteiger partial charge in [0, 0.05) is 12.1 Å². The molecule has 1 heterocycles. The molecule has 1 aromatic heterocycles. The number of nitrogens with one attached hydrogen (secondary N) is 1. The smallest absolute Gasteiger partial charge is 0.339 e. The van der Waals surface area contributed by atoms with E-state index in [0.29, 0.717) is 0 Å². The van der Waals surface area contributed by atoms with E-state index in [1.807, 2.05) is 0 Å². The molecule has 2 aromatic rings. The lowest BCUT2D eigenvalue weighted by molar-refractivity contribution is 0.0697. The van der Waals surface area contributed by atoms with E-state index < -0.39 is 23.4 Å². The van der Waals surface area contributed by atoms with Gasteiger partial charge in [-0.1, -0.05) is 0 Å². The van der Waals surface area contributed by atoms with Gasteiger partial charge in [0.05, 0.1) is 6.20 Å². The fourth-order valence-corrected chi connectivity index (χ4v) is 1.60. The fraction of sp³-hybridized carbons (Fsp3) is 0.0769. The minimum atomic E-state index is -1.38. The molecule has 0 saturated carbocycles. The number of carbonyl (C=O) groups is 1. The molecule has 2 rings (SSSR count). The van der Waals surface area contributed by atoms with Gasteiger partial charge in [-0.05, 0) is 24.3 Å². The van der Waals surface area contributed by atoms with Gasteiger partial charge in [0.2, 0.25) is 0 Å². The molecule has 0 aliphatic carbocycles. The number of rotatable bonds is 4. The van der Waals surface area contributed by atoms with Crippen LogP contribution in [0.5, 0.6) is 0 Å². The second-order valence-electron chi connectivity index (χ2n) is 3.94. The predicted molar refractivity (Wildman–Crippen MR) is 64.8 cm³/mol. The number of nitrogens with zero attached hydrogens (tertiary/aromatic N) is 1. The maximum absolute atomic E-state index is 13.4. The molecule has 7 heteroatoms. The van der Waals surface area contributed by atoms with Crippen LogP contribution < -0.4 is 5.32 Å². The molecule has 1 aromatic carbocycles. The number of benzene rings is 1. The van der Waals surface area contributed by atoms with Crippen molar-refractivity contribution in [1.82, 2.24) is 4.98 Å². The van der Waals surface area contributed by atoms with E-state index in [2.05, 4.69) is 10.3 Å². The number of aromatic nitrogens is 1. The summed E-state index contributed by atoms with van der Waals surface area (Å²) in [6.07, 6.45) is 0.830. The van der Waals surface area contributed by atoms with Gasteiger partial charge in [-0.25, -0.2) is 22.9 Å². The van der Waals surface area contributed by atoms with Gasteiger partial charge in [0.15, 0.2) is 0 Å². The highest BCUT2D eigenvalue weighted by Crippen LogP contribution is 2.16. The third-order valence-electron chi connectivity index (χ3n) is 2.54. The summed E-state index contributed by atoms with van der Waals surface area (Å²) in [7, 11) is 0. The Morgan fingerprint density at radius 1 is 1.20 bits per heavy atom. The maximum Gasteiger partial charge on any atom is 0.339 e. The summed E-state index contributed by atoms with van der Waals surface area (Å²) in [5.41, 5.74) is -0.380. The van der Waals surface area contributed by atoms with E-state index in [-0.39, 0.29) is 23.5 Å². The van der Waals surface area contributed by atoms with Gasteiger partial charge in [0.25, 0.3) is 0 Å². The standard InChI is InChI=1S/C13H9F3N2O2/c14-8-1-2-11(16)7(3-8)5-17-12-10(13(19)20)4-9(15)6-18-12/h1-4,6H,5H2,(H,17,18)(H,19,20). The molecular formula is C13H9F3N2O2. The summed E-state index contributed by atoms with van der Waals surface area (Å²) in [6, 6.07) is 3.70. The van der Waals surface area contributed by atoms with Crippen LogP contribution in [0, 0.1) is 17.5 Å². The van der Waals surface area contributed by atoms with Crippen LogP contribution in [0.1, 0.15) is 15.9 Å². The number of carboxylic acid groups (broad SMARTS) is 1. The van der Waals surface area contributed by atoms with Crippen LogP contribution in [0.2, 0.25) is 0 Å². The number of hydrogen-bond donors (Lipinski definition) is 2. The largest absolute Gasteiger partial charge is 0.478 e. The van der Waals surface area contributed by atoms with Crippen LogP contribution in [-0.4, -0.2) is 16.1 Å². The third-order valence-corrected chi connectivity index (χ3v) is 2.54. The molecule has 0 radical (unpaired) electrons. The lowest BCUT2D eigenvalue weighted by Gasteiger charge is -2.09. The number of anilines is 1. The first-order valence-electron chi connectivity index (χ1n) is 5.54. The Morgan fingerprint density at radius 2 is 1.95 bits per heavy atom. The molecular weight excluding hydrogens is 273 g/mol. The average Bonchev–Trinajstić information content (AvgIpc) is 2.40. The van der Waals surface area contributed by atoms with Crippen molar-refractivity contribution >= 4 is 11.8 Å². The molecule has 0 bridgehead atoms. The van der Waals surface area contributed by atoms with Crippen molar-refractivity contribution in [3.8, 4) is 0 Å². The molecule has 2 N–H and O–H groups in total. The minimum Gasteiger partial charge on any atom is -0.478 e. The molecule has 0 aliphatic heterocycles. The van der Waals surface area contributed by atoms with E-state index in [4.69, 9.17) is 5.11 Å². The van der Waals surface area contributed by atoms with Crippen LogP contribution >= 0.6 is 0 Å². The molecule has 0 aliphatic rings. The van der Waals surface area contributed by atoms with Crippen LogP contribution in [0.3, 0.4) is 0 Å². The average molecular weight is 282 g/mol. The third kappa shape index (κ3) is 3.05. The van der Waals surface area contributed by atoms with Crippen molar-refractivity contribution in [2.24, 2.45) is 0 Å². The van der Waals surface area contributed by atoms with Gasteiger partial charge >= 0.3 is 5.97 Å². The zero-order chi connectivity index (χ0) is 14.7. The Hall–Kier alpha value is -2.57. The van der Waals surface area contributed by atoms with Crippen LogP contribution in [0.15, 0.2) is 30.5 Å². The van der Waals surface area contributed by atoms with Gasteiger partial charge in [-0.15, -0.1) is 0 Å². The van der Waals surface area contributed by atoms with E-state index in [0.717, 1.165) is 30.5 Å². The summed E-state index contributed by atoms with van der Waals surface area (Å²) in [4.78, 5) is 14.5. The summed E-state index contributed by atoms with van der Waals surface area (Å²) in [5.74, 6) is -3.56. The molecule has 0 spiro atoms. The number of hydrogen-bond acceptors (Lipinski definition) is 3. The first kappa shape index (κ1) is 13.9. The van der Waals surface area contributed by atoms with Crippen molar-refractivity contribution < 1.29 is 23.1 Å². The quantitative estimate of drug-likeness (QED) is 0.905. The van der Waals surface area contributed by atoms with E-state index in [9.17, 15) is 18.0 Å². The Balaban J connectivity index is 2.23. The van der Waals surface area contributed by atoms with Crippen molar-refractivity contribution in [1.29, 1.82) is 0 Å². The highest BCUT2D eigenvalue weighted by atomic mass is 19.1.